The summed E-state index contributed by atoms with van der Waals surface area (Å²) >= 11 is 5.20. The summed E-state index contributed by atoms with van der Waals surface area (Å²) in [5.74, 6) is 0. The lowest BCUT2D eigenvalue weighted by atomic mass is 10.2. The highest BCUT2D eigenvalue weighted by Crippen LogP contribution is 2.23. The molecule has 2 aromatic heterocycles. The zero-order chi connectivity index (χ0) is 11.7. The molecule has 2 aromatic rings. The summed E-state index contributed by atoms with van der Waals surface area (Å²) in [5.41, 5.74) is 9.08. The third-order valence-electron chi connectivity index (χ3n) is 2.67. The first-order chi connectivity index (χ1) is 7.61. The van der Waals surface area contributed by atoms with Crippen molar-refractivity contribution in [2.45, 2.75) is 26.9 Å². The van der Waals surface area contributed by atoms with E-state index in [1.165, 1.54) is 10.6 Å². The van der Waals surface area contributed by atoms with E-state index in [1.54, 1.807) is 11.3 Å². The van der Waals surface area contributed by atoms with Gasteiger partial charge in [-0.3, -0.25) is 4.68 Å². The first-order valence-corrected chi connectivity index (χ1v) is 6.70. The van der Waals surface area contributed by atoms with Crippen LogP contribution < -0.4 is 5.73 Å². The van der Waals surface area contributed by atoms with Gasteiger partial charge in [0.2, 0.25) is 0 Å². The maximum atomic E-state index is 5.70. The van der Waals surface area contributed by atoms with Crippen molar-refractivity contribution in [3.63, 3.8) is 0 Å². The summed E-state index contributed by atoms with van der Waals surface area (Å²) in [5, 5.41) is 4.51. The largest absolute Gasteiger partial charge is 0.326 e. The third-order valence-corrected chi connectivity index (χ3v) is 4.28. The Labute approximate surface area is 107 Å². The number of halogens is 1. The van der Waals surface area contributed by atoms with Crippen molar-refractivity contribution in [3.8, 4) is 0 Å². The molecule has 0 aliphatic carbocycles. The minimum absolute atomic E-state index is 0.561. The molecule has 0 amide bonds. The molecule has 2 N–H and O–H groups in total. The quantitative estimate of drug-likeness (QED) is 0.947. The van der Waals surface area contributed by atoms with Gasteiger partial charge in [-0.05, 0) is 41.9 Å². The van der Waals surface area contributed by atoms with Gasteiger partial charge in [0.15, 0.2) is 0 Å². The minimum Gasteiger partial charge on any atom is -0.326 e. The summed E-state index contributed by atoms with van der Waals surface area (Å²) in [7, 11) is 0. The second-order valence-corrected chi connectivity index (χ2v) is 6.26. The SMILES string of the molecule is Cc1nn(Cc2ccc(Br)s2)c(C)c1CN. The van der Waals surface area contributed by atoms with E-state index in [4.69, 9.17) is 5.73 Å². The molecule has 0 spiro atoms. The lowest BCUT2D eigenvalue weighted by Gasteiger charge is -2.02. The number of hydrogen-bond acceptors (Lipinski definition) is 3. The molecule has 0 aliphatic rings. The molecule has 0 saturated carbocycles. The van der Waals surface area contributed by atoms with Crippen LogP contribution in [0.5, 0.6) is 0 Å². The average molecular weight is 300 g/mol. The van der Waals surface area contributed by atoms with E-state index in [0.717, 1.165) is 21.6 Å². The van der Waals surface area contributed by atoms with Gasteiger partial charge in [0, 0.05) is 22.7 Å². The molecule has 2 heterocycles. The summed E-state index contributed by atoms with van der Waals surface area (Å²) in [6, 6.07) is 4.18. The highest BCUT2D eigenvalue weighted by atomic mass is 79.9. The Balaban J connectivity index is 2.28. The van der Waals surface area contributed by atoms with Crippen LogP contribution in [-0.4, -0.2) is 9.78 Å². The summed E-state index contributed by atoms with van der Waals surface area (Å²) in [6.07, 6.45) is 0. The summed E-state index contributed by atoms with van der Waals surface area (Å²) < 4.78 is 3.18. The number of thiophene rings is 1. The Morgan fingerprint density at radius 2 is 2.19 bits per heavy atom. The molecule has 0 unspecified atom stereocenters. The zero-order valence-electron chi connectivity index (χ0n) is 9.33. The van der Waals surface area contributed by atoms with Crippen LogP contribution in [-0.2, 0) is 13.1 Å². The average Bonchev–Trinajstić information content (AvgIpc) is 2.74. The van der Waals surface area contributed by atoms with E-state index in [0.29, 0.717) is 6.54 Å². The standard InChI is InChI=1S/C11H14BrN3S/c1-7-10(5-13)8(2)15(14-7)6-9-3-4-11(12)16-9/h3-4H,5-6,13H2,1-2H3. The van der Waals surface area contributed by atoms with Crippen LogP contribution in [0, 0.1) is 13.8 Å². The number of aromatic nitrogens is 2. The molecule has 0 aromatic carbocycles. The van der Waals surface area contributed by atoms with Crippen LogP contribution in [0.4, 0.5) is 0 Å². The monoisotopic (exact) mass is 299 g/mol. The molecule has 3 nitrogen and oxygen atoms in total. The van der Waals surface area contributed by atoms with Crippen LogP contribution in [0.2, 0.25) is 0 Å². The fraction of sp³-hybridized carbons (Fsp3) is 0.364. The molecule has 0 aliphatic heterocycles. The lowest BCUT2D eigenvalue weighted by Crippen LogP contribution is -2.04. The van der Waals surface area contributed by atoms with Crippen molar-refractivity contribution >= 4 is 27.3 Å². The van der Waals surface area contributed by atoms with Crippen LogP contribution in [0.1, 0.15) is 21.8 Å². The van der Waals surface area contributed by atoms with Crippen molar-refractivity contribution in [1.29, 1.82) is 0 Å². The van der Waals surface area contributed by atoms with Gasteiger partial charge >= 0.3 is 0 Å². The number of aryl methyl sites for hydroxylation is 1. The number of hydrogen-bond donors (Lipinski definition) is 1. The molecule has 0 saturated heterocycles. The van der Waals surface area contributed by atoms with Gasteiger partial charge in [-0.2, -0.15) is 5.10 Å². The highest BCUT2D eigenvalue weighted by molar-refractivity contribution is 9.11. The fourth-order valence-corrected chi connectivity index (χ4v) is 3.23. The lowest BCUT2D eigenvalue weighted by molar-refractivity contribution is 0.665. The van der Waals surface area contributed by atoms with Gasteiger partial charge in [-0.15, -0.1) is 11.3 Å². The van der Waals surface area contributed by atoms with E-state index < -0.39 is 0 Å². The van der Waals surface area contributed by atoms with Crippen LogP contribution in [0.15, 0.2) is 15.9 Å². The first kappa shape index (κ1) is 11.8. The molecule has 0 fully saturated rings. The van der Waals surface area contributed by atoms with E-state index in [1.807, 2.05) is 11.6 Å². The Hall–Kier alpha value is -0.650. The van der Waals surface area contributed by atoms with Gasteiger partial charge in [0.05, 0.1) is 16.0 Å². The van der Waals surface area contributed by atoms with Crippen molar-refractivity contribution in [2.75, 3.05) is 0 Å². The molecule has 86 valence electrons. The van der Waals surface area contributed by atoms with Crippen LogP contribution >= 0.6 is 27.3 Å². The van der Waals surface area contributed by atoms with Crippen molar-refractivity contribution in [2.24, 2.45) is 5.73 Å². The van der Waals surface area contributed by atoms with Crippen molar-refractivity contribution in [1.82, 2.24) is 9.78 Å². The van der Waals surface area contributed by atoms with Crippen LogP contribution in [0.25, 0.3) is 0 Å². The molecule has 5 heteroatoms. The van der Waals surface area contributed by atoms with E-state index in [9.17, 15) is 0 Å². The van der Waals surface area contributed by atoms with Gasteiger partial charge in [0.1, 0.15) is 0 Å². The number of nitrogens with two attached hydrogens (primary N) is 1. The Morgan fingerprint density at radius 1 is 1.44 bits per heavy atom. The summed E-state index contributed by atoms with van der Waals surface area (Å²) in [4.78, 5) is 1.29. The normalized spacial score (nSPS) is 11.0. The van der Waals surface area contributed by atoms with Gasteiger partial charge in [-0.25, -0.2) is 0 Å². The second-order valence-electron chi connectivity index (χ2n) is 3.72. The van der Waals surface area contributed by atoms with Crippen molar-refractivity contribution < 1.29 is 0 Å². The second kappa shape index (κ2) is 4.69. The topological polar surface area (TPSA) is 43.8 Å². The fourth-order valence-electron chi connectivity index (χ4n) is 1.77. The maximum Gasteiger partial charge on any atom is 0.0755 e. The Bertz CT molecular complexity index is 501. The predicted octanol–water partition coefficient (Wildman–Crippen LogP) is 2.83. The van der Waals surface area contributed by atoms with Crippen molar-refractivity contribution in [3.05, 3.63) is 37.7 Å². The van der Waals surface area contributed by atoms with Gasteiger partial charge < -0.3 is 5.73 Å². The Morgan fingerprint density at radius 3 is 2.69 bits per heavy atom. The zero-order valence-corrected chi connectivity index (χ0v) is 11.7. The van der Waals surface area contributed by atoms with E-state index >= 15 is 0 Å². The molecule has 16 heavy (non-hydrogen) atoms. The molecule has 0 radical (unpaired) electrons. The van der Waals surface area contributed by atoms with Gasteiger partial charge in [-0.1, -0.05) is 0 Å². The Kier molecular flexibility index (Phi) is 3.47. The molecule has 2 rings (SSSR count). The van der Waals surface area contributed by atoms with Crippen LogP contribution in [0.3, 0.4) is 0 Å². The highest BCUT2D eigenvalue weighted by Gasteiger charge is 2.10. The molecular weight excluding hydrogens is 286 g/mol. The van der Waals surface area contributed by atoms with E-state index in [2.05, 4.69) is 40.1 Å². The number of nitrogens with zero attached hydrogens (tertiary/aromatic N) is 2. The number of rotatable bonds is 3. The van der Waals surface area contributed by atoms with E-state index in [-0.39, 0.29) is 0 Å². The predicted molar refractivity (Wildman–Crippen MR) is 70.7 cm³/mol. The minimum atomic E-state index is 0.561. The molecular formula is C11H14BrN3S. The third kappa shape index (κ3) is 2.21. The first-order valence-electron chi connectivity index (χ1n) is 5.09. The molecule has 0 bridgehead atoms. The smallest absolute Gasteiger partial charge is 0.0755 e. The van der Waals surface area contributed by atoms with Gasteiger partial charge in [0.25, 0.3) is 0 Å². The summed E-state index contributed by atoms with van der Waals surface area (Å²) in [6.45, 7) is 5.47. The molecule has 0 atom stereocenters. The maximum absolute atomic E-state index is 5.70.